The Bertz CT molecular complexity index is 1840. The molecule has 0 spiro atoms. The zero-order valence-corrected chi connectivity index (χ0v) is 34.5. The lowest BCUT2D eigenvalue weighted by Crippen LogP contribution is -2.59. The van der Waals surface area contributed by atoms with Crippen LogP contribution in [0.5, 0.6) is 0 Å². The van der Waals surface area contributed by atoms with Crippen molar-refractivity contribution < 1.29 is 95.1 Å². The van der Waals surface area contributed by atoms with Crippen LogP contribution in [0.1, 0.15) is 57.6 Å². The summed E-state index contributed by atoms with van der Waals surface area (Å²) >= 11 is 0. The minimum Gasteiger partial charge on any atom is -0.475 e. The van der Waals surface area contributed by atoms with Crippen molar-refractivity contribution in [2.75, 3.05) is 33.8 Å². The highest BCUT2D eigenvalue weighted by atomic mass is 19.4. The predicted molar refractivity (Wildman–Crippen MR) is 205 cm³/mol. The minimum atomic E-state index is -5.08. The third kappa shape index (κ3) is 15.8. The average molecular weight is 938 g/mol. The van der Waals surface area contributed by atoms with Crippen molar-refractivity contribution in [1.29, 1.82) is 0 Å². The maximum absolute atomic E-state index is 14.2. The second kappa shape index (κ2) is 25.1. The van der Waals surface area contributed by atoms with Crippen LogP contribution in [0.4, 0.5) is 26.3 Å². The quantitative estimate of drug-likeness (QED) is 0.0431. The summed E-state index contributed by atoms with van der Waals surface area (Å²) in [5.41, 5.74) is 4.03. The number of H-pyrrole nitrogens is 1. The number of aliphatic carboxylic acids is 2. The van der Waals surface area contributed by atoms with E-state index in [2.05, 4.69) is 11.6 Å². The molecule has 1 aromatic rings. The fourth-order valence-corrected chi connectivity index (χ4v) is 6.43. The van der Waals surface area contributed by atoms with Gasteiger partial charge in [0.15, 0.2) is 12.5 Å². The molecule has 4 rings (SSSR count). The van der Waals surface area contributed by atoms with Gasteiger partial charge in [-0.3, -0.25) is 24.0 Å². The van der Waals surface area contributed by atoms with Crippen LogP contribution in [-0.4, -0.2) is 175 Å². The molecular weight excluding hydrogens is 884 g/mol. The predicted octanol–water partition coefficient (Wildman–Crippen LogP) is -0.281. The van der Waals surface area contributed by atoms with Crippen LogP contribution in [0.3, 0.4) is 0 Å². The fourth-order valence-electron chi connectivity index (χ4n) is 6.43. The molecule has 21 nitrogen and oxygen atoms in total. The third-order valence-electron chi connectivity index (χ3n) is 9.85. The molecule has 4 heterocycles. The lowest BCUT2D eigenvalue weighted by Gasteiger charge is -2.38. The number of rotatable bonds is 17. The molecular formula is C37H53F6N5O16. The number of allylic oxidation sites excluding steroid dienone is 1. The molecule has 3 aliphatic rings. The molecule has 1 amide bonds. The SMILES string of the molecule is C=CCCCCCCCCCOC(=O)C1=CCN(C)[C@@H]([C@H](O[C@@H]2O[C@H](CN)[C@@H](O)[C@H]2O)[C@H]2O[C@@H](n3ccc(=O)[nH]c3=O)[C@H](O)[C@@H]2O)C(=O)N1C.O=C(O)C(F)(F)F.O=C(O)C(F)(F)F. The number of nitrogens with one attached hydrogen (secondary N) is 1. The van der Waals surface area contributed by atoms with Gasteiger partial charge in [-0.1, -0.05) is 38.2 Å². The second-order valence-electron chi connectivity index (χ2n) is 14.5. The third-order valence-corrected chi connectivity index (χ3v) is 9.85. The van der Waals surface area contributed by atoms with Crippen LogP contribution in [0.2, 0.25) is 0 Å². The molecule has 27 heteroatoms. The molecule has 3 aliphatic heterocycles. The van der Waals surface area contributed by atoms with Crippen LogP contribution in [-0.2, 0) is 38.1 Å². The molecule has 0 aliphatic carbocycles. The van der Waals surface area contributed by atoms with Crippen LogP contribution < -0.4 is 17.0 Å². The van der Waals surface area contributed by atoms with Crippen LogP contribution in [0, 0.1) is 0 Å². The Morgan fingerprint density at radius 1 is 0.891 bits per heavy atom. The molecule has 0 radical (unpaired) electrons. The van der Waals surface area contributed by atoms with Gasteiger partial charge in [0.1, 0.15) is 54.5 Å². The van der Waals surface area contributed by atoms with Gasteiger partial charge in [0, 0.05) is 32.4 Å². The number of carboxylic acid groups (broad SMARTS) is 2. The van der Waals surface area contributed by atoms with Gasteiger partial charge < -0.3 is 60.2 Å². The summed E-state index contributed by atoms with van der Waals surface area (Å²) in [6, 6.07) is -0.310. The van der Waals surface area contributed by atoms with E-state index in [0.29, 0.717) is 6.42 Å². The van der Waals surface area contributed by atoms with Crippen molar-refractivity contribution in [3.05, 3.63) is 57.5 Å². The first-order valence-electron chi connectivity index (χ1n) is 19.6. The van der Waals surface area contributed by atoms with Crippen molar-refractivity contribution in [3.63, 3.8) is 0 Å². The first-order chi connectivity index (χ1) is 29.8. The molecule has 0 saturated carbocycles. The number of aliphatic hydroxyl groups is 4. The molecule has 2 saturated heterocycles. The summed E-state index contributed by atoms with van der Waals surface area (Å²) in [6.07, 6.45) is -11.3. The lowest BCUT2D eigenvalue weighted by molar-refractivity contribution is -0.232. The first-order valence-corrected chi connectivity index (χ1v) is 19.6. The molecule has 2 fully saturated rings. The summed E-state index contributed by atoms with van der Waals surface area (Å²) in [4.78, 5) is 74.0. The van der Waals surface area contributed by atoms with E-state index in [1.165, 1.54) is 18.0 Å². The van der Waals surface area contributed by atoms with Crippen molar-refractivity contribution >= 4 is 23.8 Å². The Morgan fingerprint density at radius 3 is 1.94 bits per heavy atom. The van der Waals surface area contributed by atoms with Crippen molar-refractivity contribution in [2.45, 2.75) is 125 Å². The molecule has 364 valence electrons. The Hall–Kier alpha value is -4.74. The average Bonchev–Trinajstić information content (AvgIpc) is 3.61. The molecule has 1 aromatic heterocycles. The topological polar surface area (TPSA) is 314 Å². The molecule has 0 unspecified atom stereocenters. The number of hydrogen-bond donors (Lipinski definition) is 8. The van der Waals surface area contributed by atoms with Crippen LogP contribution in [0.15, 0.2) is 46.3 Å². The summed E-state index contributed by atoms with van der Waals surface area (Å²) in [6.45, 7) is 3.76. The zero-order valence-electron chi connectivity index (χ0n) is 34.5. The summed E-state index contributed by atoms with van der Waals surface area (Å²) in [5.74, 6) is -6.90. The number of carboxylic acids is 2. The standard InChI is InChI=1S/C33H51N5O12.2C2HF3O2/c1-4-5-6-7-8-9-10-11-12-17-47-31(45)19-13-15-36(2)22(29(44)37(19)3)27(50-32-26(43)23(40)20(18-34)48-32)28-24(41)25(42)30(49-28)38-16-14-21(39)35-33(38)46;2*3-2(4,5)1(6)7/h4,13-14,16,20,22-28,30,32,40-43H,1,5-12,15,17-18,34H2,2-3H3,(H,35,39,46);2*(H,6,7)/t20-,22+,23-,24+,25-,26-,27+,28+,30-,32+;;/m1../s1. The number of hydrogen-bond acceptors (Lipinski definition) is 16. The van der Waals surface area contributed by atoms with E-state index in [4.69, 9.17) is 44.5 Å². The van der Waals surface area contributed by atoms with Gasteiger partial charge in [0.05, 0.1) is 6.61 Å². The molecule has 0 bridgehead atoms. The first kappa shape index (κ1) is 55.4. The molecule has 64 heavy (non-hydrogen) atoms. The maximum atomic E-state index is 14.2. The maximum Gasteiger partial charge on any atom is 0.490 e. The lowest BCUT2D eigenvalue weighted by atomic mass is 9.97. The Kier molecular flexibility index (Phi) is 21.7. The number of alkyl halides is 6. The molecule has 10 atom stereocenters. The number of likely N-dealkylation sites (N-methyl/N-ethyl adjacent to an activating group) is 2. The van der Waals surface area contributed by atoms with Gasteiger partial charge in [-0.2, -0.15) is 26.3 Å². The number of amides is 1. The summed E-state index contributed by atoms with van der Waals surface area (Å²) in [7, 11) is 2.93. The highest BCUT2D eigenvalue weighted by Gasteiger charge is 2.55. The fraction of sp³-hybridized carbons (Fsp3) is 0.676. The highest BCUT2D eigenvalue weighted by Crippen LogP contribution is 2.36. The van der Waals surface area contributed by atoms with Gasteiger partial charge >= 0.3 is 36.0 Å². The van der Waals surface area contributed by atoms with Gasteiger partial charge in [0.2, 0.25) is 5.91 Å². The van der Waals surface area contributed by atoms with Gasteiger partial charge in [-0.15, -0.1) is 6.58 Å². The van der Waals surface area contributed by atoms with E-state index in [1.807, 2.05) is 6.08 Å². The number of aliphatic hydroxyl groups excluding tert-OH is 4. The number of unbranched alkanes of at least 4 members (excludes halogenated alkanes) is 7. The number of ether oxygens (including phenoxy) is 4. The van der Waals surface area contributed by atoms with E-state index < -0.39 is 109 Å². The van der Waals surface area contributed by atoms with E-state index in [9.17, 15) is 65.9 Å². The van der Waals surface area contributed by atoms with E-state index in [0.717, 1.165) is 66.7 Å². The minimum absolute atomic E-state index is 0.0210. The van der Waals surface area contributed by atoms with Gasteiger partial charge in [0.25, 0.3) is 5.56 Å². The zero-order chi connectivity index (χ0) is 48.7. The number of halogens is 6. The van der Waals surface area contributed by atoms with Crippen molar-refractivity contribution in [3.8, 4) is 0 Å². The molecule has 0 aromatic carbocycles. The van der Waals surface area contributed by atoms with E-state index >= 15 is 0 Å². The number of nitrogens with zero attached hydrogens (tertiary/aromatic N) is 3. The number of aromatic nitrogens is 2. The van der Waals surface area contributed by atoms with Crippen LogP contribution in [0.25, 0.3) is 0 Å². The highest BCUT2D eigenvalue weighted by molar-refractivity contribution is 5.96. The largest absolute Gasteiger partial charge is 0.490 e. The van der Waals surface area contributed by atoms with E-state index in [1.54, 1.807) is 7.05 Å². The number of carbonyl (C=O) groups excluding carboxylic acids is 2. The summed E-state index contributed by atoms with van der Waals surface area (Å²) < 4.78 is 87.6. The Labute approximate surface area is 360 Å². The smallest absolute Gasteiger partial charge is 0.475 e. The monoisotopic (exact) mass is 937 g/mol. The number of carbonyl (C=O) groups is 4. The number of esters is 1. The van der Waals surface area contributed by atoms with Crippen molar-refractivity contribution in [2.24, 2.45) is 5.73 Å². The Balaban J connectivity index is 0.000000866. The Morgan fingerprint density at radius 2 is 1.44 bits per heavy atom. The van der Waals surface area contributed by atoms with E-state index in [-0.39, 0.29) is 25.4 Å². The number of nitrogens with two attached hydrogens (primary N) is 1. The normalized spacial score (nSPS) is 26.7. The molecule has 9 N–H and O–H groups in total. The van der Waals surface area contributed by atoms with Crippen LogP contribution >= 0.6 is 0 Å². The second-order valence-corrected chi connectivity index (χ2v) is 14.5. The van der Waals surface area contributed by atoms with Gasteiger partial charge in [-0.05, 0) is 32.4 Å². The number of aromatic amines is 1. The van der Waals surface area contributed by atoms with Crippen molar-refractivity contribution in [1.82, 2.24) is 19.4 Å². The van der Waals surface area contributed by atoms with Gasteiger partial charge in [-0.25, -0.2) is 19.2 Å². The summed E-state index contributed by atoms with van der Waals surface area (Å²) in [5, 5.41) is 57.7.